The molecule has 3 heterocycles. The second-order valence-corrected chi connectivity index (χ2v) is 7.30. The van der Waals surface area contributed by atoms with Gasteiger partial charge in [0.25, 0.3) is 5.91 Å². The molecule has 0 bridgehead atoms. The molecule has 1 atom stereocenters. The Morgan fingerprint density at radius 1 is 1.21 bits per heavy atom. The Morgan fingerprint density at radius 2 is 2.07 bits per heavy atom. The van der Waals surface area contributed by atoms with Crippen molar-refractivity contribution in [2.24, 2.45) is 5.92 Å². The van der Waals surface area contributed by atoms with Gasteiger partial charge in [-0.1, -0.05) is 24.3 Å². The predicted molar refractivity (Wildman–Crippen MR) is 114 cm³/mol. The molecule has 2 aromatic heterocycles. The lowest BCUT2D eigenvalue weighted by Crippen LogP contribution is -2.27. The highest BCUT2D eigenvalue weighted by Crippen LogP contribution is 2.17. The molecular formula is C22H25ClN4O. The first-order chi connectivity index (χ1) is 13.2. The minimum Gasteiger partial charge on any atom is -0.336 e. The van der Waals surface area contributed by atoms with Crippen LogP contribution in [0.4, 0.5) is 0 Å². The van der Waals surface area contributed by atoms with Crippen LogP contribution in [0.1, 0.15) is 28.0 Å². The molecule has 4 rings (SSSR count). The van der Waals surface area contributed by atoms with Gasteiger partial charge in [-0.15, -0.1) is 12.4 Å². The molecular weight excluding hydrogens is 372 g/mol. The molecule has 1 saturated heterocycles. The standard InChI is InChI=1S/C22H24N4O.ClH/c1-26(15-20-7-6-18-4-2-3-5-21(18)25-20)22(27)19-11-17(13-24-14-19)10-16-8-9-23-12-16;/h2-7,11,13-14,16,23H,8-10,12,15H2,1H3;1H. The van der Waals surface area contributed by atoms with Gasteiger partial charge in [0.1, 0.15) is 0 Å². The molecule has 1 fully saturated rings. The van der Waals surface area contributed by atoms with Crippen LogP contribution in [0.15, 0.2) is 54.9 Å². The third kappa shape index (κ3) is 4.66. The quantitative estimate of drug-likeness (QED) is 0.717. The first kappa shape index (κ1) is 20.2. The van der Waals surface area contributed by atoms with Crippen LogP contribution in [0.3, 0.4) is 0 Å². The zero-order valence-electron chi connectivity index (χ0n) is 16.0. The molecule has 6 heteroatoms. The normalized spacial score (nSPS) is 16.0. The summed E-state index contributed by atoms with van der Waals surface area (Å²) in [6.45, 7) is 2.60. The van der Waals surface area contributed by atoms with E-state index in [1.165, 1.54) is 6.42 Å². The van der Waals surface area contributed by atoms with E-state index in [1.807, 2.05) is 55.7 Å². The maximum Gasteiger partial charge on any atom is 0.255 e. The molecule has 1 unspecified atom stereocenters. The molecule has 0 aliphatic carbocycles. The van der Waals surface area contributed by atoms with Crippen LogP contribution in [0.25, 0.3) is 10.9 Å². The number of nitrogens with one attached hydrogen (secondary N) is 1. The van der Waals surface area contributed by atoms with Crippen LogP contribution >= 0.6 is 12.4 Å². The SMILES string of the molecule is CN(Cc1ccc2ccccc2n1)C(=O)c1cncc(CC2CCNC2)c1.Cl. The number of carbonyl (C=O) groups excluding carboxylic acids is 1. The van der Waals surface area contributed by atoms with Crippen LogP contribution in [0.2, 0.25) is 0 Å². The Hall–Kier alpha value is -2.50. The molecule has 1 N–H and O–H groups in total. The van der Waals surface area contributed by atoms with Gasteiger partial charge in [-0.05, 0) is 55.6 Å². The summed E-state index contributed by atoms with van der Waals surface area (Å²) in [5.74, 6) is 0.612. The number of aromatic nitrogens is 2. The number of para-hydroxylation sites is 1. The zero-order valence-corrected chi connectivity index (χ0v) is 16.8. The van der Waals surface area contributed by atoms with Crippen LogP contribution in [0.5, 0.6) is 0 Å². The van der Waals surface area contributed by atoms with Gasteiger partial charge >= 0.3 is 0 Å². The summed E-state index contributed by atoms with van der Waals surface area (Å²) in [5, 5.41) is 4.49. The first-order valence-electron chi connectivity index (χ1n) is 9.44. The third-order valence-electron chi connectivity index (χ3n) is 5.13. The van der Waals surface area contributed by atoms with Crippen molar-refractivity contribution >= 4 is 29.2 Å². The molecule has 1 aliphatic rings. The lowest BCUT2D eigenvalue weighted by atomic mass is 9.99. The maximum atomic E-state index is 12.8. The number of carbonyl (C=O) groups is 1. The monoisotopic (exact) mass is 396 g/mol. The molecule has 0 saturated carbocycles. The van der Waals surface area contributed by atoms with Gasteiger partial charge in [0.2, 0.25) is 0 Å². The molecule has 1 aromatic carbocycles. The van der Waals surface area contributed by atoms with Crippen molar-refractivity contribution in [2.75, 3.05) is 20.1 Å². The molecule has 3 aromatic rings. The molecule has 28 heavy (non-hydrogen) atoms. The Balaban J connectivity index is 0.00000225. The third-order valence-corrected chi connectivity index (χ3v) is 5.13. The van der Waals surface area contributed by atoms with Crippen molar-refractivity contribution in [3.63, 3.8) is 0 Å². The van der Waals surface area contributed by atoms with Gasteiger partial charge in [0, 0.05) is 24.8 Å². The highest BCUT2D eigenvalue weighted by atomic mass is 35.5. The van der Waals surface area contributed by atoms with E-state index in [2.05, 4.69) is 15.3 Å². The number of pyridine rings is 2. The molecule has 0 radical (unpaired) electrons. The van der Waals surface area contributed by atoms with Crippen molar-refractivity contribution in [1.29, 1.82) is 0 Å². The maximum absolute atomic E-state index is 12.8. The summed E-state index contributed by atoms with van der Waals surface area (Å²) in [4.78, 5) is 23.5. The van der Waals surface area contributed by atoms with E-state index in [0.717, 1.165) is 41.7 Å². The van der Waals surface area contributed by atoms with E-state index >= 15 is 0 Å². The van der Waals surface area contributed by atoms with E-state index in [-0.39, 0.29) is 18.3 Å². The van der Waals surface area contributed by atoms with E-state index in [9.17, 15) is 4.79 Å². The lowest BCUT2D eigenvalue weighted by Gasteiger charge is -2.17. The Kier molecular flexibility index (Phi) is 6.60. The Labute approximate surface area is 171 Å². The molecule has 5 nitrogen and oxygen atoms in total. The van der Waals surface area contributed by atoms with Crippen LogP contribution in [-0.2, 0) is 13.0 Å². The van der Waals surface area contributed by atoms with Crippen LogP contribution in [-0.4, -0.2) is 40.9 Å². The van der Waals surface area contributed by atoms with Gasteiger partial charge in [-0.2, -0.15) is 0 Å². The number of amides is 1. The smallest absolute Gasteiger partial charge is 0.255 e. The summed E-state index contributed by atoms with van der Waals surface area (Å²) in [6, 6.07) is 14.0. The zero-order chi connectivity index (χ0) is 18.6. The first-order valence-corrected chi connectivity index (χ1v) is 9.44. The van der Waals surface area contributed by atoms with Gasteiger partial charge in [-0.3, -0.25) is 14.8 Å². The fourth-order valence-electron chi connectivity index (χ4n) is 3.67. The van der Waals surface area contributed by atoms with Crippen molar-refractivity contribution in [1.82, 2.24) is 20.2 Å². The number of rotatable bonds is 5. The van der Waals surface area contributed by atoms with Crippen LogP contribution < -0.4 is 5.32 Å². The summed E-state index contributed by atoms with van der Waals surface area (Å²) in [6.07, 6.45) is 5.69. The molecule has 1 aliphatic heterocycles. The van der Waals surface area contributed by atoms with E-state index in [1.54, 1.807) is 11.1 Å². The second-order valence-electron chi connectivity index (χ2n) is 7.30. The highest BCUT2D eigenvalue weighted by molar-refractivity contribution is 5.93. The summed E-state index contributed by atoms with van der Waals surface area (Å²) in [7, 11) is 1.81. The molecule has 0 spiro atoms. The van der Waals surface area contributed by atoms with Gasteiger partial charge < -0.3 is 10.2 Å². The molecule has 146 valence electrons. The fraction of sp³-hybridized carbons (Fsp3) is 0.318. The number of nitrogens with zero attached hydrogens (tertiary/aromatic N) is 3. The van der Waals surface area contributed by atoms with Gasteiger partial charge in [0.15, 0.2) is 0 Å². The van der Waals surface area contributed by atoms with Gasteiger partial charge in [-0.25, -0.2) is 0 Å². The number of hydrogen-bond donors (Lipinski definition) is 1. The Morgan fingerprint density at radius 3 is 2.89 bits per heavy atom. The number of benzene rings is 1. The van der Waals surface area contributed by atoms with Crippen molar-refractivity contribution in [3.8, 4) is 0 Å². The van der Waals surface area contributed by atoms with Crippen molar-refractivity contribution in [3.05, 3.63) is 71.7 Å². The summed E-state index contributed by atoms with van der Waals surface area (Å²) in [5.41, 5.74) is 3.60. The van der Waals surface area contributed by atoms with Crippen molar-refractivity contribution in [2.45, 2.75) is 19.4 Å². The Bertz CT molecular complexity index is 956. The largest absolute Gasteiger partial charge is 0.336 e. The van der Waals surface area contributed by atoms with Crippen molar-refractivity contribution < 1.29 is 4.79 Å². The topological polar surface area (TPSA) is 58.1 Å². The average molecular weight is 397 g/mol. The highest BCUT2D eigenvalue weighted by Gasteiger charge is 2.17. The second kappa shape index (κ2) is 9.13. The average Bonchev–Trinajstić information content (AvgIpc) is 3.20. The number of fused-ring (bicyclic) bond motifs is 1. The fourth-order valence-corrected chi connectivity index (χ4v) is 3.67. The van der Waals surface area contributed by atoms with E-state index < -0.39 is 0 Å². The van der Waals surface area contributed by atoms with Gasteiger partial charge in [0.05, 0.1) is 23.3 Å². The minimum absolute atomic E-state index is 0. The number of halogens is 1. The van der Waals surface area contributed by atoms with E-state index in [4.69, 9.17) is 0 Å². The lowest BCUT2D eigenvalue weighted by molar-refractivity contribution is 0.0783. The van der Waals surface area contributed by atoms with Crippen LogP contribution in [0, 0.1) is 5.92 Å². The summed E-state index contributed by atoms with van der Waals surface area (Å²) >= 11 is 0. The predicted octanol–water partition coefficient (Wildman–Crippen LogP) is 3.48. The summed E-state index contributed by atoms with van der Waals surface area (Å²) < 4.78 is 0. The number of hydrogen-bond acceptors (Lipinski definition) is 4. The molecule has 1 amide bonds. The van der Waals surface area contributed by atoms with E-state index in [0.29, 0.717) is 18.0 Å². The minimum atomic E-state index is -0.0242.